The molecule has 2 rings (SSSR count). The number of hydrogen-bond acceptors (Lipinski definition) is 4. The standard InChI is InChI=1S/C14H21N3O2/c1-15-13-7-6-11(10-16-13)14(19)17(8-3-9-18)12-4-2-5-12/h6-7,10,12,18H,2-5,8-9H2,1H3,(H,15,16). The van der Waals surface area contributed by atoms with Gasteiger partial charge in [-0.3, -0.25) is 4.79 Å². The van der Waals surface area contributed by atoms with E-state index >= 15 is 0 Å². The summed E-state index contributed by atoms with van der Waals surface area (Å²) in [6.45, 7) is 0.737. The van der Waals surface area contributed by atoms with E-state index in [4.69, 9.17) is 5.11 Å². The van der Waals surface area contributed by atoms with Crippen molar-refractivity contribution in [2.75, 3.05) is 25.5 Å². The molecule has 1 aromatic heterocycles. The number of amides is 1. The van der Waals surface area contributed by atoms with Crippen molar-refractivity contribution in [1.82, 2.24) is 9.88 Å². The van der Waals surface area contributed by atoms with E-state index in [2.05, 4.69) is 10.3 Å². The van der Waals surface area contributed by atoms with Crippen LogP contribution in [0.25, 0.3) is 0 Å². The van der Waals surface area contributed by atoms with Gasteiger partial charge in [-0.1, -0.05) is 0 Å². The van der Waals surface area contributed by atoms with Crippen molar-refractivity contribution in [3.05, 3.63) is 23.9 Å². The van der Waals surface area contributed by atoms with Crippen LogP contribution in [0.5, 0.6) is 0 Å². The van der Waals surface area contributed by atoms with Crippen molar-refractivity contribution in [2.45, 2.75) is 31.7 Å². The van der Waals surface area contributed by atoms with Crippen LogP contribution in [0, 0.1) is 0 Å². The Hall–Kier alpha value is -1.62. The molecule has 1 fully saturated rings. The molecule has 1 aliphatic carbocycles. The fraction of sp³-hybridized carbons (Fsp3) is 0.571. The number of aromatic nitrogens is 1. The average Bonchev–Trinajstić information content (AvgIpc) is 2.40. The Balaban J connectivity index is 2.08. The highest BCUT2D eigenvalue weighted by molar-refractivity contribution is 5.94. The van der Waals surface area contributed by atoms with Gasteiger partial charge in [0, 0.05) is 32.4 Å². The molecule has 5 nitrogen and oxygen atoms in total. The van der Waals surface area contributed by atoms with Gasteiger partial charge >= 0.3 is 0 Å². The second kappa shape index (κ2) is 6.52. The lowest BCUT2D eigenvalue weighted by Gasteiger charge is -2.37. The van der Waals surface area contributed by atoms with Crippen LogP contribution in [0.3, 0.4) is 0 Å². The summed E-state index contributed by atoms with van der Waals surface area (Å²) in [5, 5.41) is 11.9. The molecule has 0 aliphatic heterocycles. The Kier molecular flexibility index (Phi) is 4.74. The second-order valence-corrected chi connectivity index (χ2v) is 4.84. The Morgan fingerprint density at radius 2 is 2.32 bits per heavy atom. The first-order valence-electron chi connectivity index (χ1n) is 6.82. The SMILES string of the molecule is CNc1ccc(C(=O)N(CCCO)C2CCC2)cn1. The lowest BCUT2D eigenvalue weighted by atomic mass is 9.91. The highest BCUT2D eigenvalue weighted by atomic mass is 16.3. The highest BCUT2D eigenvalue weighted by Crippen LogP contribution is 2.26. The van der Waals surface area contributed by atoms with Gasteiger partial charge in [-0.25, -0.2) is 4.98 Å². The van der Waals surface area contributed by atoms with E-state index < -0.39 is 0 Å². The number of aliphatic hydroxyl groups is 1. The molecule has 5 heteroatoms. The summed E-state index contributed by atoms with van der Waals surface area (Å²) in [6, 6.07) is 3.94. The minimum absolute atomic E-state index is 0.0216. The van der Waals surface area contributed by atoms with Crippen molar-refractivity contribution < 1.29 is 9.90 Å². The summed E-state index contributed by atoms with van der Waals surface area (Å²) in [4.78, 5) is 18.5. The first-order chi connectivity index (χ1) is 9.26. The van der Waals surface area contributed by atoms with E-state index in [9.17, 15) is 4.79 Å². The maximum absolute atomic E-state index is 12.5. The van der Waals surface area contributed by atoms with Crippen molar-refractivity contribution in [1.29, 1.82) is 0 Å². The third-order valence-corrected chi connectivity index (χ3v) is 3.60. The van der Waals surface area contributed by atoms with E-state index in [0.29, 0.717) is 24.6 Å². The summed E-state index contributed by atoms with van der Waals surface area (Å²) in [6.07, 6.45) is 5.56. The number of nitrogens with zero attached hydrogens (tertiary/aromatic N) is 2. The number of carbonyl (C=O) groups is 1. The normalized spacial score (nSPS) is 14.8. The molecule has 1 aliphatic rings. The Bertz CT molecular complexity index is 415. The first kappa shape index (κ1) is 13.8. The molecule has 19 heavy (non-hydrogen) atoms. The molecule has 0 spiro atoms. The summed E-state index contributed by atoms with van der Waals surface area (Å²) >= 11 is 0. The summed E-state index contributed by atoms with van der Waals surface area (Å²) in [5.74, 6) is 0.774. The molecule has 104 valence electrons. The maximum atomic E-state index is 12.5. The zero-order valence-corrected chi connectivity index (χ0v) is 11.3. The average molecular weight is 263 g/mol. The van der Waals surface area contributed by atoms with Gasteiger partial charge in [0.2, 0.25) is 0 Å². The number of aliphatic hydroxyl groups excluding tert-OH is 1. The van der Waals surface area contributed by atoms with Gasteiger partial charge < -0.3 is 15.3 Å². The van der Waals surface area contributed by atoms with Crippen LogP contribution in [0.1, 0.15) is 36.0 Å². The lowest BCUT2D eigenvalue weighted by Crippen LogP contribution is -2.45. The molecule has 2 N–H and O–H groups in total. The minimum Gasteiger partial charge on any atom is -0.396 e. The van der Waals surface area contributed by atoms with Crippen molar-refractivity contribution in [2.24, 2.45) is 0 Å². The van der Waals surface area contributed by atoms with Crippen LogP contribution < -0.4 is 5.32 Å². The van der Waals surface area contributed by atoms with Crippen LogP contribution in [-0.4, -0.2) is 47.1 Å². The molecule has 0 saturated heterocycles. The van der Waals surface area contributed by atoms with Gasteiger partial charge in [-0.05, 0) is 37.8 Å². The van der Waals surface area contributed by atoms with Gasteiger partial charge in [0.05, 0.1) is 5.56 Å². The largest absolute Gasteiger partial charge is 0.396 e. The van der Waals surface area contributed by atoms with E-state index in [1.807, 2.05) is 4.90 Å². The van der Waals surface area contributed by atoms with Crippen LogP contribution in [0.15, 0.2) is 18.3 Å². The van der Waals surface area contributed by atoms with Crippen LogP contribution in [-0.2, 0) is 0 Å². The van der Waals surface area contributed by atoms with Crippen molar-refractivity contribution >= 4 is 11.7 Å². The topological polar surface area (TPSA) is 65.5 Å². The molecule has 0 aromatic carbocycles. The molecule has 0 bridgehead atoms. The third kappa shape index (κ3) is 3.23. The lowest BCUT2D eigenvalue weighted by molar-refractivity contribution is 0.0562. The highest BCUT2D eigenvalue weighted by Gasteiger charge is 2.29. The van der Waals surface area contributed by atoms with E-state index in [-0.39, 0.29) is 12.5 Å². The monoisotopic (exact) mass is 263 g/mol. The quantitative estimate of drug-likeness (QED) is 0.816. The van der Waals surface area contributed by atoms with Crippen LogP contribution in [0.4, 0.5) is 5.82 Å². The Morgan fingerprint density at radius 1 is 1.53 bits per heavy atom. The number of rotatable bonds is 6. The van der Waals surface area contributed by atoms with Gasteiger partial charge in [-0.2, -0.15) is 0 Å². The van der Waals surface area contributed by atoms with Crippen molar-refractivity contribution in [3.63, 3.8) is 0 Å². The fourth-order valence-electron chi connectivity index (χ4n) is 2.22. The molecule has 1 saturated carbocycles. The molecule has 1 amide bonds. The minimum atomic E-state index is 0.0216. The van der Waals surface area contributed by atoms with Crippen LogP contribution in [0.2, 0.25) is 0 Å². The Labute approximate surface area is 113 Å². The van der Waals surface area contributed by atoms with E-state index in [0.717, 1.165) is 18.7 Å². The number of pyridine rings is 1. The molecule has 0 radical (unpaired) electrons. The van der Waals surface area contributed by atoms with Gasteiger partial charge in [0.25, 0.3) is 5.91 Å². The fourth-order valence-corrected chi connectivity index (χ4v) is 2.22. The maximum Gasteiger partial charge on any atom is 0.255 e. The Morgan fingerprint density at radius 3 is 2.79 bits per heavy atom. The molecule has 1 heterocycles. The number of nitrogens with one attached hydrogen (secondary N) is 1. The predicted octanol–water partition coefficient (Wildman–Crippen LogP) is 1.50. The van der Waals surface area contributed by atoms with Crippen molar-refractivity contribution in [3.8, 4) is 0 Å². The zero-order valence-electron chi connectivity index (χ0n) is 11.3. The van der Waals surface area contributed by atoms with E-state index in [1.54, 1.807) is 25.4 Å². The van der Waals surface area contributed by atoms with Crippen LogP contribution >= 0.6 is 0 Å². The zero-order chi connectivity index (χ0) is 13.7. The first-order valence-corrected chi connectivity index (χ1v) is 6.82. The second-order valence-electron chi connectivity index (χ2n) is 4.84. The number of anilines is 1. The molecular weight excluding hydrogens is 242 g/mol. The summed E-state index contributed by atoms with van der Waals surface area (Å²) < 4.78 is 0. The van der Waals surface area contributed by atoms with E-state index in [1.165, 1.54) is 6.42 Å². The smallest absolute Gasteiger partial charge is 0.255 e. The van der Waals surface area contributed by atoms with Gasteiger partial charge in [0.15, 0.2) is 0 Å². The predicted molar refractivity (Wildman–Crippen MR) is 74.2 cm³/mol. The third-order valence-electron chi connectivity index (χ3n) is 3.60. The molecular formula is C14H21N3O2. The molecule has 0 atom stereocenters. The summed E-state index contributed by atoms with van der Waals surface area (Å²) in [5.41, 5.74) is 0.615. The summed E-state index contributed by atoms with van der Waals surface area (Å²) in [7, 11) is 1.80. The van der Waals surface area contributed by atoms with Gasteiger partial charge in [-0.15, -0.1) is 0 Å². The molecule has 1 aromatic rings. The number of carbonyl (C=O) groups excluding carboxylic acids is 1. The number of hydrogen-bond donors (Lipinski definition) is 2. The van der Waals surface area contributed by atoms with Gasteiger partial charge in [0.1, 0.15) is 5.82 Å². The molecule has 0 unspecified atom stereocenters.